The van der Waals surface area contributed by atoms with E-state index in [0.29, 0.717) is 12.1 Å². The quantitative estimate of drug-likeness (QED) is 0.814. The van der Waals surface area contributed by atoms with Crippen molar-refractivity contribution in [3.63, 3.8) is 0 Å². The van der Waals surface area contributed by atoms with E-state index in [1.807, 2.05) is 37.3 Å². The summed E-state index contributed by atoms with van der Waals surface area (Å²) in [6.45, 7) is 2.11. The van der Waals surface area contributed by atoms with Gasteiger partial charge < -0.3 is 10.4 Å². The summed E-state index contributed by atoms with van der Waals surface area (Å²) in [7, 11) is 0. The molecule has 0 unspecified atom stereocenters. The summed E-state index contributed by atoms with van der Waals surface area (Å²) >= 11 is 1.21. The van der Waals surface area contributed by atoms with Crippen LogP contribution in [0.25, 0.3) is 10.4 Å². The van der Waals surface area contributed by atoms with E-state index in [-0.39, 0.29) is 17.2 Å². The van der Waals surface area contributed by atoms with Crippen LogP contribution in [0.15, 0.2) is 36.4 Å². The van der Waals surface area contributed by atoms with Crippen molar-refractivity contribution in [2.45, 2.75) is 19.8 Å². The molecule has 0 atom stereocenters. The van der Waals surface area contributed by atoms with Crippen LogP contribution < -0.4 is 5.32 Å². The normalized spacial score (nSPS) is 10.3. The molecular formula is C16H17NO3S. The van der Waals surface area contributed by atoms with E-state index >= 15 is 0 Å². The Morgan fingerprint density at radius 1 is 1.24 bits per heavy atom. The lowest BCUT2D eigenvalue weighted by Crippen LogP contribution is -2.14. The molecule has 4 nitrogen and oxygen atoms in total. The van der Waals surface area contributed by atoms with Crippen LogP contribution in [-0.2, 0) is 4.79 Å². The van der Waals surface area contributed by atoms with Crippen LogP contribution in [0.3, 0.4) is 0 Å². The largest absolute Gasteiger partial charge is 0.477 e. The van der Waals surface area contributed by atoms with Crippen LogP contribution in [-0.4, -0.2) is 23.4 Å². The fourth-order valence-electron chi connectivity index (χ4n) is 1.99. The first-order chi connectivity index (χ1) is 10.1. The number of ketones is 1. The number of Topliss-reactive ketones (excluding diaryl/α,β-unsaturated/α-hetero) is 1. The molecule has 2 rings (SSSR count). The highest BCUT2D eigenvalue weighted by Gasteiger charge is 2.16. The van der Waals surface area contributed by atoms with Gasteiger partial charge in [0.2, 0.25) is 0 Å². The van der Waals surface area contributed by atoms with Gasteiger partial charge in [0.05, 0.1) is 12.2 Å². The van der Waals surface area contributed by atoms with E-state index in [2.05, 4.69) is 5.32 Å². The SMILES string of the molecule is CCCC(=O)CNc1cc(-c2ccccc2)sc1C(=O)O. The van der Waals surface area contributed by atoms with Gasteiger partial charge in [0.15, 0.2) is 5.78 Å². The Morgan fingerprint density at radius 2 is 1.95 bits per heavy atom. The van der Waals surface area contributed by atoms with Gasteiger partial charge in [-0.25, -0.2) is 4.79 Å². The van der Waals surface area contributed by atoms with Crippen molar-refractivity contribution in [2.75, 3.05) is 11.9 Å². The predicted molar refractivity (Wildman–Crippen MR) is 85.1 cm³/mol. The second-order valence-electron chi connectivity index (χ2n) is 4.67. The van der Waals surface area contributed by atoms with Crippen LogP contribution in [0, 0.1) is 0 Å². The summed E-state index contributed by atoms with van der Waals surface area (Å²) < 4.78 is 0. The maximum absolute atomic E-state index is 11.6. The highest BCUT2D eigenvalue weighted by atomic mass is 32.1. The lowest BCUT2D eigenvalue weighted by atomic mass is 10.2. The molecule has 0 aliphatic carbocycles. The first-order valence-electron chi connectivity index (χ1n) is 6.80. The monoisotopic (exact) mass is 303 g/mol. The molecule has 110 valence electrons. The molecule has 0 aliphatic rings. The second-order valence-corrected chi connectivity index (χ2v) is 5.72. The lowest BCUT2D eigenvalue weighted by Gasteiger charge is -2.03. The van der Waals surface area contributed by atoms with Crippen molar-refractivity contribution in [3.8, 4) is 10.4 Å². The Bertz CT molecular complexity index is 634. The number of carbonyl (C=O) groups is 2. The minimum atomic E-state index is -0.979. The Balaban J connectivity index is 2.22. The number of hydrogen-bond acceptors (Lipinski definition) is 4. The Kier molecular flexibility index (Phi) is 5.11. The third kappa shape index (κ3) is 3.92. The van der Waals surface area contributed by atoms with E-state index < -0.39 is 5.97 Å². The van der Waals surface area contributed by atoms with Crippen molar-refractivity contribution in [3.05, 3.63) is 41.3 Å². The van der Waals surface area contributed by atoms with Gasteiger partial charge in [-0.15, -0.1) is 11.3 Å². The summed E-state index contributed by atoms with van der Waals surface area (Å²) in [6, 6.07) is 11.4. The summed E-state index contributed by atoms with van der Waals surface area (Å²) in [4.78, 5) is 24.0. The summed E-state index contributed by atoms with van der Waals surface area (Å²) in [5, 5.41) is 12.2. The van der Waals surface area contributed by atoms with Gasteiger partial charge in [0, 0.05) is 11.3 Å². The molecule has 0 saturated heterocycles. The molecule has 0 fully saturated rings. The molecule has 1 heterocycles. The minimum absolute atomic E-state index is 0.0845. The molecule has 0 aliphatic heterocycles. The number of hydrogen-bond donors (Lipinski definition) is 2. The number of carboxylic acid groups (broad SMARTS) is 1. The first-order valence-corrected chi connectivity index (χ1v) is 7.61. The molecule has 0 bridgehead atoms. The molecule has 5 heteroatoms. The zero-order valence-electron chi connectivity index (χ0n) is 11.8. The number of nitrogens with one attached hydrogen (secondary N) is 1. The standard InChI is InChI=1S/C16H17NO3S/c1-2-6-12(18)10-17-13-9-14(21-15(13)16(19)20)11-7-4-3-5-8-11/h3-5,7-9,17H,2,6,10H2,1H3,(H,19,20). The molecule has 21 heavy (non-hydrogen) atoms. The van der Waals surface area contributed by atoms with Crippen LogP contribution in [0.4, 0.5) is 5.69 Å². The number of rotatable bonds is 7. The van der Waals surface area contributed by atoms with Crippen molar-refractivity contribution >= 4 is 28.8 Å². The number of benzene rings is 1. The van der Waals surface area contributed by atoms with Gasteiger partial charge in [0.25, 0.3) is 0 Å². The molecular weight excluding hydrogens is 286 g/mol. The smallest absolute Gasteiger partial charge is 0.348 e. The van der Waals surface area contributed by atoms with E-state index in [0.717, 1.165) is 16.9 Å². The molecule has 2 aromatic rings. The summed E-state index contributed by atoms with van der Waals surface area (Å²) in [5.41, 5.74) is 1.48. The number of aromatic carboxylic acids is 1. The van der Waals surface area contributed by atoms with Crippen molar-refractivity contribution in [2.24, 2.45) is 0 Å². The van der Waals surface area contributed by atoms with Crippen LogP contribution in [0.5, 0.6) is 0 Å². The van der Waals surface area contributed by atoms with Crippen molar-refractivity contribution in [1.82, 2.24) is 0 Å². The van der Waals surface area contributed by atoms with Crippen molar-refractivity contribution in [1.29, 1.82) is 0 Å². The fraction of sp³-hybridized carbons (Fsp3) is 0.250. The van der Waals surface area contributed by atoms with E-state index in [1.165, 1.54) is 11.3 Å². The molecule has 0 radical (unpaired) electrons. The highest BCUT2D eigenvalue weighted by molar-refractivity contribution is 7.18. The topological polar surface area (TPSA) is 66.4 Å². The van der Waals surface area contributed by atoms with E-state index in [1.54, 1.807) is 6.07 Å². The fourth-order valence-corrected chi connectivity index (χ4v) is 2.97. The van der Waals surface area contributed by atoms with Gasteiger partial charge in [-0.05, 0) is 18.1 Å². The first kappa shape index (κ1) is 15.3. The number of anilines is 1. The number of carbonyl (C=O) groups excluding carboxylic acids is 1. The van der Waals surface area contributed by atoms with Gasteiger partial charge in [-0.1, -0.05) is 37.3 Å². The van der Waals surface area contributed by atoms with Gasteiger partial charge in [-0.2, -0.15) is 0 Å². The van der Waals surface area contributed by atoms with Crippen LogP contribution in [0.2, 0.25) is 0 Å². The van der Waals surface area contributed by atoms with Gasteiger partial charge in [-0.3, -0.25) is 4.79 Å². The van der Waals surface area contributed by atoms with Crippen LogP contribution >= 0.6 is 11.3 Å². The predicted octanol–water partition coefficient (Wildman–Crippen LogP) is 3.89. The lowest BCUT2D eigenvalue weighted by molar-refractivity contribution is -0.117. The average Bonchev–Trinajstić information content (AvgIpc) is 2.91. The number of thiophene rings is 1. The third-order valence-corrected chi connectivity index (χ3v) is 4.16. The van der Waals surface area contributed by atoms with Crippen LogP contribution in [0.1, 0.15) is 29.4 Å². The highest BCUT2D eigenvalue weighted by Crippen LogP contribution is 2.34. The molecule has 0 amide bonds. The van der Waals surface area contributed by atoms with Gasteiger partial charge in [0.1, 0.15) is 4.88 Å². The van der Waals surface area contributed by atoms with E-state index in [9.17, 15) is 14.7 Å². The zero-order valence-corrected chi connectivity index (χ0v) is 12.6. The molecule has 0 spiro atoms. The Labute approximate surface area is 127 Å². The van der Waals surface area contributed by atoms with E-state index in [4.69, 9.17) is 0 Å². The third-order valence-electron chi connectivity index (χ3n) is 2.99. The Hall–Kier alpha value is -2.14. The average molecular weight is 303 g/mol. The summed E-state index contributed by atoms with van der Waals surface area (Å²) in [6.07, 6.45) is 1.30. The zero-order chi connectivity index (χ0) is 15.2. The van der Waals surface area contributed by atoms with Crippen molar-refractivity contribution < 1.29 is 14.7 Å². The minimum Gasteiger partial charge on any atom is -0.477 e. The molecule has 2 N–H and O–H groups in total. The van der Waals surface area contributed by atoms with Gasteiger partial charge >= 0.3 is 5.97 Å². The Morgan fingerprint density at radius 3 is 2.57 bits per heavy atom. The maximum atomic E-state index is 11.6. The molecule has 0 saturated carbocycles. The molecule has 1 aromatic heterocycles. The number of carboxylic acids is 1. The second kappa shape index (κ2) is 7.04. The maximum Gasteiger partial charge on any atom is 0.348 e. The summed E-state index contributed by atoms with van der Waals surface area (Å²) in [5.74, 6) is -0.895. The molecule has 1 aromatic carbocycles.